The van der Waals surface area contributed by atoms with Crippen LogP contribution in [0.3, 0.4) is 0 Å². The summed E-state index contributed by atoms with van der Waals surface area (Å²) >= 11 is 0. The Morgan fingerprint density at radius 1 is 0.931 bits per heavy atom. The van der Waals surface area contributed by atoms with Crippen LogP contribution in [0.4, 0.5) is 0 Å². The second-order valence-corrected chi connectivity index (χ2v) is 8.24. The topological polar surface area (TPSA) is 83.2 Å². The number of aliphatic hydroxyl groups is 1. The van der Waals surface area contributed by atoms with Crippen LogP contribution in [-0.2, 0) is 32.2 Å². The average Bonchev–Trinajstić information content (AvgIpc) is 3.14. The number of aliphatic hydroxyl groups excluding tert-OH is 1. The molecule has 2 aliphatic rings. The molecule has 0 unspecified atom stereocenters. The Balaban J connectivity index is 1.56. The third-order valence-corrected chi connectivity index (χ3v) is 5.67. The molecule has 0 amide bonds. The molecular formula is C23H29NO5. The summed E-state index contributed by atoms with van der Waals surface area (Å²) in [6, 6.07) is 19.1. The van der Waals surface area contributed by atoms with Crippen molar-refractivity contribution in [1.29, 1.82) is 0 Å². The molecule has 4 rings (SSSR count). The first-order valence-electron chi connectivity index (χ1n) is 10.0. The van der Waals surface area contributed by atoms with E-state index in [9.17, 15) is 5.11 Å². The van der Waals surface area contributed by atoms with Gasteiger partial charge in [0.05, 0.1) is 25.9 Å². The number of nitrogens with two attached hydrogens (primary N) is 1. The van der Waals surface area contributed by atoms with Crippen LogP contribution in [0.25, 0.3) is 0 Å². The fraction of sp³-hybridized carbons (Fsp3) is 0.478. The van der Waals surface area contributed by atoms with Crippen molar-refractivity contribution in [2.45, 2.75) is 62.8 Å². The molecule has 29 heavy (non-hydrogen) atoms. The van der Waals surface area contributed by atoms with Crippen molar-refractivity contribution >= 4 is 0 Å². The molecule has 1 aliphatic heterocycles. The van der Waals surface area contributed by atoms with E-state index in [0.717, 1.165) is 11.1 Å². The first kappa shape index (κ1) is 20.5. The minimum Gasteiger partial charge on any atom is -0.389 e. The second-order valence-electron chi connectivity index (χ2n) is 8.24. The first-order chi connectivity index (χ1) is 13.9. The molecule has 0 radical (unpaired) electrons. The van der Waals surface area contributed by atoms with E-state index in [0.29, 0.717) is 13.2 Å². The SMILES string of the molecule is CC1(C)O[C@H]2[C@@H](O)[C@@H](N)[C@](COCc3ccccc3)(OCc3ccccc3)[C@H]2O1. The summed E-state index contributed by atoms with van der Waals surface area (Å²) in [6.07, 6.45) is -1.99. The van der Waals surface area contributed by atoms with Gasteiger partial charge in [0.25, 0.3) is 0 Å². The Hall–Kier alpha value is -1.80. The molecule has 0 aromatic heterocycles. The van der Waals surface area contributed by atoms with Gasteiger partial charge in [-0.1, -0.05) is 60.7 Å². The van der Waals surface area contributed by atoms with Crippen molar-refractivity contribution in [3.05, 3.63) is 71.8 Å². The van der Waals surface area contributed by atoms with Crippen LogP contribution >= 0.6 is 0 Å². The predicted octanol–water partition coefficient (Wildman–Crippen LogP) is 2.38. The van der Waals surface area contributed by atoms with E-state index in [1.54, 1.807) is 0 Å². The molecule has 0 bridgehead atoms. The fourth-order valence-corrected chi connectivity index (χ4v) is 4.19. The van der Waals surface area contributed by atoms with Gasteiger partial charge in [0.2, 0.25) is 0 Å². The van der Waals surface area contributed by atoms with Crippen LogP contribution in [0.15, 0.2) is 60.7 Å². The Labute approximate surface area is 171 Å². The van der Waals surface area contributed by atoms with Crippen LogP contribution in [0.2, 0.25) is 0 Å². The number of hydrogen-bond donors (Lipinski definition) is 2. The van der Waals surface area contributed by atoms with Gasteiger partial charge in [-0.2, -0.15) is 0 Å². The van der Waals surface area contributed by atoms with E-state index in [1.165, 1.54) is 0 Å². The summed E-state index contributed by atoms with van der Waals surface area (Å²) in [7, 11) is 0. The van der Waals surface area contributed by atoms with Gasteiger partial charge in [-0.15, -0.1) is 0 Å². The molecule has 2 fully saturated rings. The van der Waals surface area contributed by atoms with Crippen LogP contribution in [-0.4, -0.2) is 47.5 Å². The van der Waals surface area contributed by atoms with E-state index in [2.05, 4.69) is 0 Å². The van der Waals surface area contributed by atoms with Crippen LogP contribution in [0.5, 0.6) is 0 Å². The van der Waals surface area contributed by atoms with E-state index in [1.807, 2.05) is 74.5 Å². The molecule has 6 heteroatoms. The summed E-state index contributed by atoms with van der Waals surface area (Å²) in [4.78, 5) is 0. The van der Waals surface area contributed by atoms with Crippen molar-refractivity contribution in [1.82, 2.24) is 0 Å². The molecule has 3 N–H and O–H groups in total. The number of benzene rings is 2. The maximum absolute atomic E-state index is 10.8. The zero-order valence-corrected chi connectivity index (χ0v) is 16.9. The van der Waals surface area contributed by atoms with E-state index in [4.69, 9.17) is 24.7 Å². The van der Waals surface area contributed by atoms with Crippen molar-refractivity contribution in [2.75, 3.05) is 6.61 Å². The molecule has 1 aliphatic carbocycles. The van der Waals surface area contributed by atoms with Crippen molar-refractivity contribution in [3.63, 3.8) is 0 Å². The molecule has 6 nitrogen and oxygen atoms in total. The van der Waals surface area contributed by atoms with Crippen LogP contribution < -0.4 is 5.73 Å². The summed E-state index contributed by atoms with van der Waals surface area (Å²) in [6.45, 7) is 4.60. The Bertz CT molecular complexity index is 799. The molecule has 5 atom stereocenters. The van der Waals surface area contributed by atoms with Gasteiger partial charge < -0.3 is 29.8 Å². The third-order valence-electron chi connectivity index (χ3n) is 5.67. The minimum atomic E-state index is -1.03. The number of fused-ring (bicyclic) bond motifs is 1. The fourth-order valence-electron chi connectivity index (χ4n) is 4.19. The molecule has 2 aromatic rings. The number of ether oxygens (including phenoxy) is 4. The minimum absolute atomic E-state index is 0.188. The average molecular weight is 399 g/mol. The largest absolute Gasteiger partial charge is 0.389 e. The molecular weight excluding hydrogens is 370 g/mol. The highest BCUT2D eigenvalue weighted by molar-refractivity contribution is 5.19. The molecule has 1 saturated heterocycles. The molecule has 1 heterocycles. The third kappa shape index (κ3) is 4.10. The normalized spacial score (nSPS) is 33.0. The summed E-state index contributed by atoms with van der Waals surface area (Å²) in [5, 5.41) is 10.8. The monoisotopic (exact) mass is 399 g/mol. The maximum atomic E-state index is 10.8. The second kappa shape index (κ2) is 8.14. The number of rotatable bonds is 7. The quantitative estimate of drug-likeness (QED) is 0.744. The van der Waals surface area contributed by atoms with Gasteiger partial charge in [0.15, 0.2) is 5.79 Å². The van der Waals surface area contributed by atoms with Crippen molar-refractivity contribution in [2.24, 2.45) is 5.73 Å². The van der Waals surface area contributed by atoms with Gasteiger partial charge in [-0.3, -0.25) is 0 Å². The van der Waals surface area contributed by atoms with Crippen molar-refractivity contribution in [3.8, 4) is 0 Å². The van der Waals surface area contributed by atoms with Gasteiger partial charge in [-0.05, 0) is 25.0 Å². The Kier molecular flexibility index (Phi) is 5.75. The van der Waals surface area contributed by atoms with E-state index in [-0.39, 0.29) is 6.61 Å². The van der Waals surface area contributed by atoms with E-state index >= 15 is 0 Å². The lowest BCUT2D eigenvalue weighted by Crippen LogP contribution is -2.59. The highest BCUT2D eigenvalue weighted by Crippen LogP contribution is 2.46. The Morgan fingerprint density at radius 2 is 1.52 bits per heavy atom. The molecule has 156 valence electrons. The Morgan fingerprint density at radius 3 is 2.14 bits per heavy atom. The molecule has 2 aromatic carbocycles. The summed E-state index contributed by atoms with van der Waals surface area (Å²) < 4.78 is 24.5. The summed E-state index contributed by atoms with van der Waals surface area (Å²) in [5.74, 6) is -0.822. The summed E-state index contributed by atoms with van der Waals surface area (Å²) in [5.41, 5.74) is 7.51. The highest BCUT2D eigenvalue weighted by Gasteiger charge is 2.66. The van der Waals surface area contributed by atoms with Gasteiger partial charge in [0.1, 0.15) is 23.9 Å². The van der Waals surface area contributed by atoms with Crippen molar-refractivity contribution < 1.29 is 24.1 Å². The van der Waals surface area contributed by atoms with Gasteiger partial charge in [0, 0.05) is 0 Å². The first-order valence-corrected chi connectivity index (χ1v) is 10.0. The standard InChI is InChI=1S/C23H29NO5/c1-22(2)28-19-18(25)20(24)23(21(19)29-22,27-14-17-11-7-4-8-12-17)15-26-13-16-9-5-3-6-10-16/h3-12,18-21,25H,13-15,24H2,1-2H3/t18-,19+,20-,21+,23+/m1/s1. The zero-order chi connectivity index (χ0) is 20.5. The molecule has 0 spiro atoms. The van der Waals surface area contributed by atoms with Gasteiger partial charge >= 0.3 is 0 Å². The molecule has 1 saturated carbocycles. The maximum Gasteiger partial charge on any atom is 0.164 e. The van der Waals surface area contributed by atoms with E-state index < -0.39 is 35.7 Å². The van der Waals surface area contributed by atoms with Crippen LogP contribution in [0.1, 0.15) is 25.0 Å². The van der Waals surface area contributed by atoms with Crippen LogP contribution in [0, 0.1) is 0 Å². The highest BCUT2D eigenvalue weighted by atomic mass is 16.8. The number of hydrogen-bond acceptors (Lipinski definition) is 6. The van der Waals surface area contributed by atoms with Gasteiger partial charge in [-0.25, -0.2) is 0 Å². The lowest BCUT2D eigenvalue weighted by molar-refractivity contribution is -0.217. The lowest BCUT2D eigenvalue weighted by atomic mass is 9.95. The lowest BCUT2D eigenvalue weighted by Gasteiger charge is -2.38. The smallest absolute Gasteiger partial charge is 0.164 e. The zero-order valence-electron chi connectivity index (χ0n) is 16.9. The predicted molar refractivity (Wildman–Crippen MR) is 108 cm³/mol.